The predicted octanol–water partition coefficient (Wildman–Crippen LogP) is 2.43. The molecule has 4 heteroatoms. The van der Waals surface area contributed by atoms with Gasteiger partial charge in [0.1, 0.15) is 0 Å². The van der Waals surface area contributed by atoms with E-state index >= 15 is 0 Å². The van der Waals surface area contributed by atoms with Crippen molar-refractivity contribution >= 4 is 5.96 Å². The standard InChI is InChI=1S/C18H29N3O/c1-4-19-16(21-14-18(22)11-8-12-18)20-13-17(2,3)15-9-6-5-7-10-15/h5-7,9-10,22H,4,8,11-14H2,1-3H3,(H2,19,20,21). The second kappa shape index (κ2) is 7.14. The van der Waals surface area contributed by atoms with Crippen molar-refractivity contribution in [3.05, 3.63) is 35.9 Å². The molecule has 0 aromatic heterocycles. The lowest BCUT2D eigenvalue weighted by Crippen LogP contribution is -2.50. The Morgan fingerprint density at radius 2 is 1.91 bits per heavy atom. The van der Waals surface area contributed by atoms with Crippen LogP contribution in [0, 0.1) is 0 Å². The van der Waals surface area contributed by atoms with Gasteiger partial charge >= 0.3 is 0 Å². The smallest absolute Gasteiger partial charge is 0.191 e. The van der Waals surface area contributed by atoms with E-state index < -0.39 is 5.60 Å². The maximum absolute atomic E-state index is 10.2. The van der Waals surface area contributed by atoms with Crippen LogP contribution in [-0.2, 0) is 5.41 Å². The van der Waals surface area contributed by atoms with Crippen LogP contribution in [0.2, 0.25) is 0 Å². The minimum Gasteiger partial charge on any atom is -0.388 e. The molecule has 1 aliphatic rings. The Morgan fingerprint density at radius 1 is 1.23 bits per heavy atom. The van der Waals surface area contributed by atoms with Crippen molar-refractivity contribution < 1.29 is 5.11 Å². The van der Waals surface area contributed by atoms with Crippen LogP contribution in [0.1, 0.15) is 45.6 Å². The first-order chi connectivity index (χ1) is 10.5. The molecule has 1 fully saturated rings. The third-order valence-corrected chi connectivity index (χ3v) is 4.40. The van der Waals surface area contributed by atoms with E-state index in [2.05, 4.69) is 55.7 Å². The number of benzene rings is 1. The second-order valence-corrected chi connectivity index (χ2v) is 6.88. The zero-order valence-electron chi connectivity index (χ0n) is 14.0. The van der Waals surface area contributed by atoms with Gasteiger partial charge in [-0.05, 0) is 31.7 Å². The summed E-state index contributed by atoms with van der Waals surface area (Å²) in [6, 6.07) is 10.5. The van der Waals surface area contributed by atoms with E-state index in [0.29, 0.717) is 13.1 Å². The normalized spacial score (nSPS) is 17.7. The molecule has 0 amide bonds. The molecule has 3 N–H and O–H groups in total. The lowest BCUT2D eigenvalue weighted by atomic mass is 9.80. The van der Waals surface area contributed by atoms with Gasteiger partial charge in [-0.1, -0.05) is 44.2 Å². The Hall–Kier alpha value is -1.55. The third-order valence-electron chi connectivity index (χ3n) is 4.40. The van der Waals surface area contributed by atoms with Crippen LogP contribution in [0.4, 0.5) is 0 Å². The maximum Gasteiger partial charge on any atom is 0.191 e. The quantitative estimate of drug-likeness (QED) is 0.559. The van der Waals surface area contributed by atoms with Gasteiger partial charge in [-0.25, -0.2) is 0 Å². The van der Waals surface area contributed by atoms with Crippen molar-refractivity contribution in [2.75, 3.05) is 19.6 Å². The second-order valence-electron chi connectivity index (χ2n) is 6.88. The van der Waals surface area contributed by atoms with Crippen LogP contribution in [0.5, 0.6) is 0 Å². The van der Waals surface area contributed by atoms with Crippen LogP contribution >= 0.6 is 0 Å². The zero-order chi connectivity index (χ0) is 16.1. The fourth-order valence-corrected chi connectivity index (χ4v) is 2.61. The Bertz CT molecular complexity index is 492. The Morgan fingerprint density at radius 3 is 2.45 bits per heavy atom. The highest BCUT2D eigenvalue weighted by Crippen LogP contribution is 2.30. The van der Waals surface area contributed by atoms with Gasteiger partial charge in [-0.3, -0.25) is 4.99 Å². The maximum atomic E-state index is 10.2. The largest absolute Gasteiger partial charge is 0.388 e. The van der Waals surface area contributed by atoms with E-state index in [0.717, 1.165) is 31.8 Å². The molecular weight excluding hydrogens is 274 g/mol. The molecule has 0 atom stereocenters. The molecule has 0 heterocycles. The minimum absolute atomic E-state index is 0.0169. The summed E-state index contributed by atoms with van der Waals surface area (Å²) in [5, 5.41) is 16.7. The third kappa shape index (κ3) is 4.47. The highest BCUT2D eigenvalue weighted by molar-refractivity contribution is 5.79. The molecule has 22 heavy (non-hydrogen) atoms. The summed E-state index contributed by atoms with van der Waals surface area (Å²) in [5.74, 6) is 0.784. The molecule has 1 aromatic rings. The van der Waals surface area contributed by atoms with Gasteiger partial charge in [0.2, 0.25) is 0 Å². The first-order valence-corrected chi connectivity index (χ1v) is 8.25. The molecule has 0 aliphatic heterocycles. The zero-order valence-corrected chi connectivity index (χ0v) is 14.0. The van der Waals surface area contributed by atoms with E-state index in [4.69, 9.17) is 4.99 Å². The van der Waals surface area contributed by atoms with Crippen molar-refractivity contribution in [2.45, 2.75) is 51.0 Å². The summed E-state index contributed by atoms with van der Waals surface area (Å²) in [4.78, 5) is 4.71. The molecule has 122 valence electrons. The predicted molar refractivity (Wildman–Crippen MR) is 92.3 cm³/mol. The number of aliphatic hydroxyl groups is 1. The summed E-state index contributed by atoms with van der Waals surface area (Å²) in [5.41, 5.74) is 0.731. The van der Waals surface area contributed by atoms with E-state index in [1.807, 2.05) is 6.07 Å². The van der Waals surface area contributed by atoms with Crippen LogP contribution in [-0.4, -0.2) is 36.3 Å². The molecule has 1 aromatic carbocycles. The number of nitrogens with zero attached hydrogens (tertiary/aromatic N) is 1. The van der Waals surface area contributed by atoms with Crippen LogP contribution in [0.3, 0.4) is 0 Å². The number of aliphatic imine (C=N–C) groups is 1. The van der Waals surface area contributed by atoms with Crippen LogP contribution in [0.25, 0.3) is 0 Å². The molecule has 0 unspecified atom stereocenters. The molecule has 2 rings (SSSR count). The summed E-state index contributed by atoms with van der Waals surface area (Å²) < 4.78 is 0. The fraction of sp³-hybridized carbons (Fsp3) is 0.611. The monoisotopic (exact) mass is 303 g/mol. The van der Waals surface area contributed by atoms with Gasteiger partial charge < -0.3 is 15.7 Å². The van der Waals surface area contributed by atoms with Crippen LogP contribution in [0.15, 0.2) is 35.3 Å². The fourth-order valence-electron chi connectivity index (χ4n) is 2.61. The highest BCUT2D eigenvalue weighted by Gasteiger charge is 2.34. The van der Waals surface area contributed by atoms with Gasteiger partial charge in [0.15, 0.2) is 5.96 Å². The van der Waals surface area contributed by atoms with Gasteiger partial charge in [0.25, 0.3) is 0 Å². The lowest BCUT2D eigenvalue weighted by Gasteiger charge is -2.37. The van der Waals surface area contributed by atoms with Crippen molar-refractivity contribution in [1.29, 1.82) is 0 Å². The molecule has 4 nitrogen and oxygen atoms in total. The molecule has 0 radical (unpaired) electrons. The first-order valence-electron chi connectivity index (χ1n) is 8.25. The topological polar surface area (TPSA) is 56.7 Å². The average molecular weight is 303 g/mol. The van der Waals surface area contributed by atoms with Crippen molar-refractivity contribution in [3.8, 4) is 0 Å². The Kier molecular flexibility index (Phi) is 5.46. The van der Waals surface area contributed by atoms with Crippen molar-refractivity contribution in [3.63, 3.8) is 0 Å². The van der Waals surface area contributed by atoms with E-state index in [-0.39, 0.29) is 5.41 Å². The summed E-state index contributed by atoms with van der Waals surface area (Å²) in [7, 11) is 0. The first kappa shape index (κ1) is 16.8. The minimum atomic E-state index is -0.537. The highest BCUT2D eigenvalue weighted by atomic mass is 16.3. The molecule has 1 aliphatic carbocycles. The van der Waals surface area contributed by atoms with Crippen LogP contribution < -0.4 is 10.6 Å². The number of hydrogen-bond acceptors (Lipinski definition) is 2. The lowest BCUT2D eigenvalue weighted by molar-refractivity contribution is -0.0279. The Labute approximate surface area is 134 Å². The van der Waals surface area contributed by atoms with Gasteiger partial charge in [0.05, 0.1) is 12.1 Å². The SMILES string of the molecule is CCNC(=NCC(C)(C)c1ccccc1)NCC1(O)CCC1. The molecule has 0 bridgehead atoms. The molecule has 1 saturated carbocycles. The van der Waals surface area contributed by atoms with Gasteiger partial charge in [-0.2, -0.15) is 0 Å². The Balaban J connectivity index is 1.96. The number of nitrogens with one attached hydrogen (secondary N) is 2. The van der Waals surface area contributed by atoms with E-state index in [9.17, 15) is 5.11 Å². The van der Waals surface area contributed by atoms with Crippen molar-refractivity contribution in [1.82, 2.24) is 10.6 Å². The molecule has 0 spiro atoms. The summed E-state index contributed by atoms with van der Waals surface area (Å²) in [6.45, 7) is 8.55. The molecule has 0 saturated heterocycles. The number of guanidine groups is 1. The van der Waals surface area contributed by atoms with Crippen molar-refractivity contribution in [2.24, 2.45) is 4.99 Å². The number of hydrogen-bond donors (Lipinski definition) is 3. The van der Waals surface area contributed by atoms with E-state index in [1.165, 1.54) is 5.56 Å². The average Bonchev–Trinajstić information content (AvgIpc) is 2.49. The van der Waals surface area contributed by atoms with E-state index in [1.54, 1.807) is 0 Å². The van der Waals surface area contributed by atoms with Gasteiger partial charge in [0, 0.05) is 18.5 Å². The number of rotatable bonds is 6. The van der Waals surface area contributed by atoms with Gasteiger partial charge in [-0.15, -0.1) is 0 Å². The summed E-state index contributed by atoms with van der Waals surface area (Å²) >= 11 is 0. The summed E-state index contributed by atoms with van der Waals surface area (Å²) in [6.07, 6.45) is 2.89. The molecular formula is C18H29N3O.